The van der Waals surface area contributed by atoms with Crippen molar-refractivity contribution in [3.8, 4) is 0 Å². The lowest BCUT2D eigenvalue weighted by molar-refractivity contribution is -0.109. The maximum absolute atomic E-state index is 12.4. The predicted octanol–water partition coefficient (Wildman–Crippen LogP) is 2.03. The highest BCUT2D eigenvalue weighted by molar-refractivity contribution is 6.42. The SMILES string of the molecule is N=Cc1nc(NCc2ccc(Cl)c(Cl)c2)[nH]c(=O)c1NC1CNC(C=O)C1. The van der Waals surface area contributed by atoms with Crippen LogP contribution in [-0.2, 0) is 11.3 Å². The number of hydrogen-bond donors (Lipinski definition) is 5. The number of H-pyrrole nitrogens is 1. The fourth-order valence-corrected chi connectivity index (χ4v) is 3.16. The highest BCUT2D eigenvalue weighted by Crippen LogP contribution is 2.23. The van der Waals surface area contributed by atoms with E-state index in [-0.39, 0.29) is 29.4 Å². The van der Waals surface area contributed by atoms with Gasteiger partial charge in [-0.3, -0.25) is 9.78 Å². The normalized spacial score (nSPS) is 18.9. The van der Waals surface area contributed by atoms with Crippen molar-refractivity contribution in [1.29, 1.82) is 5.41 Å². The number of hydrogen-bond acceptors (Lipinski definition) is 7. The first-order chi connectivity index (χ1) is 13.0. The third-order valence-corrected chi connectivity index (χ3v) is 4.94. The summed E-state index contributed by atoms with van der Waals surface area (Å²) in [6.07, 6.45) is 2.43. The first-order valence-corrected chi connectivity index (χ1v) is 9.03. The number of rotatable bonds is 7. The molecule has 10 heteroatoms. The summed E-state index contributed by atoms with van der Waals surface area (Å²) in [5.41, 5.74) is 0.894. The molecule has 0 bridgehead atoms. The van der Waals surface area contributed by atoms with E-state index in [1.165, 1.54) is 0 Å². The number of carbonyl (C=O) groups is 1. The molecule has 2 heterocycles. The van der Waals surface area contributed by atoms with E-state index in [1.807, 2.05) is 6.07 Å². The molecule has 1 saturated heterocycles. The Hall–Kier alpha value is -2.42. The fourth-order valence-electron chi connectivity index (χ4n) is 2.84. The van der Waals surface area contributed by atoms with Crippen molar-refractivity contribution in [3.63, 3.8) is 0 Å². The van der Waals surface area contributed by atoms with Gasteiger partial charge in [0.25, 0.3) is 5.56 Å². The minimum atomic E-state index is -0.394. The van der Waals surface area contributed by atoms with Crippen molar-refractivity contribution < 1.29 is 4.79 Å². The highest BCUT2D eigenvalue weighted by Gasteiger charge is 2.25. The molecule has 0 spiro atoms. The van der Waals surface area contributed by atoms with Crippen LogP contribution in [0.15, 0.2) is 23.0 Å². The van der Waals surface area contributed by atoms with Crippen molar-refractivity contribution in [3.05, 3.63) is 49.9 Å². The minimum absolute atomic E-state index is 0.0863. The number of nitrogens with one attached hydrogen (secondary N) is 5. The molecule has 0 aliphatic carbocycles. The predicted molar refractivity (Wildman–Crippen MR) is 106 cm³/mol. The number of benzene rings is 1. The van der Waals surface area contributed by atoms with Crippen molar-refractivity contribution in [2.45, 2.75) is 25.0 Å². The summed E-state index contributed by atoms with van der Waals surface area (Å²) in [6.45, 7) is 0.926. The molecule has 2 aromatic rings. The van der Waals surface area contributed by atoms with E-state index >= 15 is 0 Å². The zero-order valence-electron chi connectivity index (χ0n) is 14.2. The Kier molecular flexibility index (Phi) is 6.10. The Bertz CT molecular complexity index is 917. The van der Waals surface area contributed by atoms with Crippen LogP contribution in [0.25, 0.3) is 0 Å². The van der Waals surface area contributed by atoms with Crippen LogP contribution in [0, 0.1) is 5.41 Å². The van der Waals surface area contributed by atoms with Gasteiger partial charge in [-0.15, -0.1) is 0 Å². The largest absolute Gasteiger partial charge is 0.375 e. The molecule has 5 N–H and O–H groups in total. The molecule has 3 rings (SSSR count). The summed E-state index contributed by atoms with van der Waals surface area (Å²) in [7, 11) is 0. The molecule has 1 fully saturated rings. The molecule has 1 aromatic carbocycles. The summed E-state index contributed by atoms with van der Waals surface area (Å²) in [4.78, 5) is 30.2. The zero-order valence-corrected chi connectivity index (χ0v) is 15.7. The molecular formula is C17H18Cl2N6O2. The molecule has 0 saturated carbocycles. The Balaban J connectivity index is 1.73. The molecule has 142 valence electrons. The molecule has 2 atom stereocenters. The fraction of sp³-hybridized carbons (Fsp3) is 0.294. The van der Waals surface area contributed by atoms with E-state index in [0.717, 1.165) is 18.1 Å². The van der Waals surface area contributed by atoms with E-state index in [2.05, 4.69) is 25.9 Å². The van der Waals surface area contributed by atoms with Crippen molar-refractivity contribution in [2.75, 3.05) is 17.2 Å². The second-order valence-electron chi connectivity index (χ2n) is 6.15. The second kappa shape index (κ2) is 8.51. The van der Waals surface area contributed by atoms with E-state index in [4.69, 9.17) is 28.6 Å². The second-order valence-corrected chi connectivity index (χ2v) is 6.96. The Morgan fingerprint density at radius 3 is 2.81 bits per heavy atom. The van der Waals surface area contributed by atoms with Gasteiger partial charge >= 0.3 is 0 Å². The third-order valence-electron chi connectivity index (χ3n) is 4.21. The number of anilines is 2. The van der Waals surface area contributed by atoms with Crippen LogP contribution < -0.4 is 21.5 Å². The van der Waals surface area contributed by atoms with Gasteiger partial charge in [0.2, 0.25) is 5.95 Å². The standard InChI is InChI=1S/C17H18Cl2N6O2/c18-12-2-1-9(3-13(12)19)6-22-17-24-14(5-20)15(16(27)25-17)23-10-4-11(8-26)21-7-10/h1-3,5,8,10-11,20-21,23H,4,6-7H2,(H2,22,24,25,27). The van der Waals surface area contributed by atoms with Gasteiger partial charge in [-0.25, -0.2) is 4.98 Å². The number of nitrogens with zero attached hydrogens (tertiary/aromatic N) is 1. The summed E-state index contributed by atoms with van der Waals surface area (Å²) < 4.78 is 0. The van der Waals surface area contributed by atoms with Crippen molar-refractivity contribution >= 4 is 47.3 Å². The third kappa shape index (κ3) is 4.65. The first kappa shape index (κ1) is 19.3. The Morgan fingerprint density at radius 2 is 2.15 bits per heavy atom. The van der Waals surface area contributed by atoms with E-state index < -0.39 is 5.56 Å². The lowest BCUT2D eigenvalue weighted by atomic mass is 10.2. The number of carbonyl (C=O) groups excluding carboxylic acids is 1. The van der Waals surface area contributed by atoms with Gasteiger partial charge in [-0.2, -0.15) is 0 Å². The summed E-state index contributed by atoms with van der Waals surface area (Å²) in [5, 5.41) is 17.6. The van der Waals surface area contributed by atoms with Gasteiger partial charge in [0, 0.05) is 25.3 Å². The van der Waals surface area contributed by atoms with Gasteiger partial charge in [0.1, 0.15) is 17.7 Å². The molecular weight excluding hydrogens is 391 g/mol. The molecule has 0 amide bonds. The Labute approximate surface area is 165 Å². The smallest absolute Gasteiger partial charge is 0.276 e. The number of halogens is 2. The van der Waals surface area contributed by atoms with Crippen LogP contribution in [-0.4, -0.2) is 41.1 Å². The molecule has 2 unspecified atom stereocenters. The Morgan fingerprint density at radius 1 is 1.33 bits per heavy atom. The lowest BCUT2D eigenvalue weighted by Gasteiger charge is -2.15. The molecule has 1 aliphatic rings. The van der Waals surface area contributed by atoms with E-state index in [0.29, 0.717) is 29.6 Å². The minimum Gasteiger partial charge on any atom is -0.375 e. The van der Waals surface area contributed by atoms with Crippen LogP contribution in [0.1, 0.15) is 17.7 Å². The molecule has 0 radical (unpaired) electrons. The van der Waals surface area contributed by atoms with Gasteiger partial charge in [-0.1, -0.05) is 29.3 Å². The number of aromatic nitrogens is 2. The van der Waals surface area contributed by atoms with Crippen LogP contribution in [0.4, 0.5) is 11.6 Å². The van der Waals surface area contributed by atoms with Gasteiger partial charge in [0.05, 0.1) is 16.1 Å². The van der Waals surface area contributed by atoms with Gasteiger partial charge < -0.3 is 26.2 Å². The summed E-state index contributed by atoms with van der Waals surface area (Å²) in [6, 6.07) is 4.90. The van der Waals surface area contributed by atoms with Crippen molar-refractivity contribution in [1.82, 2.24) is 15.3 Å². The van der Waals surface area contributed by atoms with Crippen molar-refractivity contribution in [2.24, 2.45) is 0 Å². The maximum atomic E-state index is 12.4. The van der Waals surface area contributed by atoms with Crippen LogP contribution in [0.3, 0.4) is 0 Å². The van der Waals surface area contributed by atoms with Crippen LogP contribution >= 0.6 is 23.2 Å². The first-order valence-electron chi connectivity index (χ1n) is 8.28. The number of aldehydes is 1. The average Bonchev–Trinajstić information content (AvgIpc) is 3.12. The highest BCUT2D eigenvalue weighted by atomic mass is 35.5. The maximum Gasteiger partial charge on any atom is 0.276 e. The molecule has 1 aliphatic heterocycles. The van der Waals surface area contributed by atoms with E-state index in [9.17, 15) is 9.59 Å². The summed E-state index contributed by atoms with van der Waals surface area (Å²) >= 11 is 11.9. The van der Waals surface area contributed by atoms with Gasteiger partial charge in [0.15, 0.2) is 0 Å². The monoisotopic (exact) mass is 408 g/mol. The van der Waals surface area contributed by atoms with E-state index in [1.54, 1.807) is 12.1 Å². The quantitative estimate of drug-likeness (QED) is 0.352. The van der Waals surface area contributed by atoms with Gasteiger partial charge in [-0.05, 0) is 24.1 Å². The molecule has 27 heavy (non-hydrogen) atoms. The van der Waals surface area contributed by atoms with Crippen LogP contribution in [0.2, 0.25) is 10.0 Å². The number of aromatic amines is 1. The zero-order chi connectivity index (χ0) is 19.4. The summed E-state index contributed by atoms with van der Waals surface area (Å²) in [5.74, 6) is 0.241. The van der Waals surface area contributed by atoms with Crippen LogP contribution in [0.5, 0.6) is 0 Å². The average molecular weight is 409 g/mol. The lowest BCUT2D eigenvalue weighted by Crippen LogP contribution is -2.28. The molecule has 1 aromatic heterocycles. The topological polar surface area (TPSA) is 123 Å². The molecule has 8 nitrogen and oxygen atoms in total.